The Bertz CT molecular complexity index is 1350. The van der Waals surface area contributed by atoms with Crippen molar-refractivity contribution in [2.45, 2.75) is 39.2 Å². The molecule has 1 atom stereocenters. The number of hydrogen-bond acceptors (Lipinski definition) is 6. The van der Waals surface area contributed by atoms with Crippen LogP contribution in [0.15, 0.2) is 47.3 Å². The number of para-hydroxylation sites is 1. The van der Waals surface area contributed by atoms with Gasteiger partial charge in [0.15, 0.2) is 0 Å². The minimum atomic E-state index is -0.565. The summed E-state index contributed by atoms with van der Waals surface area (Å²) in [5, 5.41) is 0.380. The van der Waals surface area contributed by atoms with Crippen molar-refractivity contribution in [3.8, 4) is 5.69 Å². The van der Waals surface area contributed by atoms with E-state index in [9.17, 15) is 18.8 Å². The summed E-state index contributed by atoms with van der Waals surface area (Å²) in [6.07, 6.45) is 0.849. The van der Waals surface area contributed by atoms with Gasteiger partial charge in [-0.1, -0.05) is 30.7 Å². The number of halogens is 2. The second-order valence-electron chi connectivity index (χ2n) is 8.87. The molecular formula is C27H30ClFN4O4. The van der Waals surface area contributed by atoms with Crippen molar-refractivity contribution in [2.24, 2.45) is 0 Å². The van der Waals surface area contributed by atoms with Gasteiger partial charge in [0.25, 0.3) is 5.56 Å². The van der Waals surface area contributed by atoms with Gasteiger partial charge in [-0.3, -0.25) is 23.9 Å². The van der Waals surface area contributed by atoms with E-state index >= 15 is 0 Å². The van der Waals surface area contributed by atoms with Crippen molar-refractivity contribution in [3.63, 3.8) is 0 Å². The van der Waals surface area contributed by atoms with Crippen LogP contribution in [0.3, 0.4) is 0 Å². The van der Waals surface area contributed by atoms with Crippen LogP contribution < -0.4 is 5.56 Å². The molecule has 0 aliphatic carbocycles. The normalized spacial score (nSPS) is 15.1. The van der Waals surface area contributed by atoms with Crippen LogP contribution in [0.2, 0.25) is 5.02 Å². The third-order valence-corrected chi connectivity index (χ3v) is 6.89. The minimum absolute atomic E-state index is 0.0674. The van der Waals surface area contributed by atoms with E-state index < -0.39 is 5.82 Å². The molecule has 0 radical (unpaired) electrons. The molecule has 10 heteroatoms. The van der Waals surface area contributed by atoms with Crippen molar-refractivity contribution in [3.05, 3.63) is 69.5 Å². The molecule has 0 N–H and O–H groups in total. The highest BCUT2D eigenvalue weighted by Crippen LogP contribution is 2.28. The van der Waals surface area contributed by atoms with Crippen molar-refractivity contribution >= 4 is 34.4 Å². The number of esters is 1. The van der Waals surface area contributed by atoms with Gasteiger partial charge in [0.2, 0.25) is 5.91 Å². The largest absolute Gasteiger partial charge is 0.466 e. The molecule has 4 rings (SSSR count). The number of ether oxygens (including phenoxy) is 1. The molecule has 0 saturated carbocycles. The lowest BCUT2D eigenvalue weighted by atomic mass is 10.1. The summed E-state index contributed by atoms with van der Waals surface area (Å²) >= 11 is 6.07. The summed E-state index contributed by atoms with van der Waals surface area (Å²) in [5.74, 6) is -0.482. The van der Waals surface area contributed by atoms with E-state index in [1.54, 1.807) is 30.0 Å². The molecule has 196 valence electrons. The highest BCUT2D eigenvalue weighted by Gasteiger charge is 2.30. The van der Waals surface area contributed by atoms with Crippen LogP contribution in [0.1, 0.15) is 45.0 Å². The molecule has 1 amide bonds. The van der Waals surface area contributed by atoms with Crippen molar-refractivity contribution in [1.29, 1.82) is 0 Å². The number of aromatic nitrogens is 2. The first-order chi connectivity index (χ1) is 17.8. The van der Waals surface area contributed by atoms with Crippen molar-refractivity contribution in [1.82, 2.24) is 19.4 Å². The van der Waals surface area contributed by atoms with Gasteiger partial charge < -0.3 is 9.64 Å². The van der Waals surface area contributed by atoms with Gasteiger partial charge in [0.05, 0.1) is 40.7 Å². The SMILES string of the molecule is CCOC(=O)CCC(=O)N1CCN(C(CC)c2nc3ccccc3c(=O)n2-c2ccc(F)c(Cl)c2)CC1. The predicted octanol–water partition coefficient (Wildman–Crippen LogP) is 4.12. The zero-order valence-electron chi connectivity index (χ0n) is 21.0. The quantitative estimate of drug-likeness (QED) is 0.409. The molecule has 1 saturated heterocycles. The van der Waals surface area contributed by atoms with E-state index in [-0.39, 0.29) is 41.3 Å². The summed E-state index contributed by atoms with van der Waals surface area (Å²) in [6, 6.07) is 11.1. The number of carbonyl (C=O) groups excluding carboxylic acids is 2. The first-order valence-corrected chi connectivity index (χ1v) is 12.9. The first-order valence-electron chi connectivity index (χ1n) is 12.5. The molecule has 1 aromatic heterocycles. The van der Waals surface area contributed by atoms with E-state index in [2.05, 4.69) is 4.90 Å². The molecule has 8 nitrogen and oxygen atoms in total. The van der Waals surface area contributed by atoms with Gasteiger partial charge in [0.1, 0.15) is 11.6 Å². The molecule has 1 fully saturated rings. The average Bonchev–Trinajstić information content (AvgIpc) is 2.90. The number of hydrogen-bond donors (Lipinski definition) is 0. The fourth-order valence-corrected chi connectivity index (χ4v) is 4.91. The Labute approximate surface area is 219 Å². The standard InChI is InChI=1S/C27H30ClFN4O4/c1-3-23(31-13-15-32(16-14-31)24(34)11-12-25(35)37-4-2)26-30-22-8-6-5-7-19(22)27(36)33(26)18-9-10-21(29)20(28)17-18/h5-10,17,23H,3-4,11-16H2,1-2H3. The number of nitrogens with zero attached hydrogens (tertiary/aromatic N) is 4. The maximum absolute atomic E-state index is 13.9. The molecule has 1 unspecified atom stereocenters. The summed E-state index contributed by atoms with van der Waals surface area (Å²) in [6.45, 7) is 6.20. The van der Waals surface area contributed by atoms with Crippen molar-refractivity contribution in [2.75, 3.05) is 32.8 Å². The van der Waals surface area contributed by atoms with E-state index in [0.717, 1.165) is 0 Å². The molecule has 0 spiro atoms. The average molecular weight is 529 g/mol. The van der Waals surface area contributed by atoms with E-state index in [4.69, 9.17) is 21.3 Å². The first kappa shape index (κ1) is 26.8. The van der Waals surface area contributed by atoms with Gasteiger partial charge in [-0.05, 0) is 43.7 Å². The number of amides is 1. The predicted molar refractivity (Wildman–Crippen MR) is 139 cm³/mol. The van der Waals surface area contributed by atoms with Crippen LogP contribution in [0.25, 0.3) is 16.6 Å². The number of rotatable bonds is 8. The lowest BCUT2D eigenvalue weighted by Gasteiger charge is -2.39. The van der Waals surface area contributed by atoms with Gasteiger partial charge in [-0.2, -0.15) is 0 Å². The molecule has 37 heavy (non-hydrogen) atoms. The van der Waals surface area contributed by atoms with Gasteiger partial charge >= 0.3 is 5.97 Å². The molecule has 1 aliphatic heterocycles. The zero-order valence-corrected chi connectivity index (χ0v) is 21.7. The van der Waals surface area contributed by atoms with E-state index in [1.807, 2.05) is 13.0 Å². The van der Waals surface area contributed by atoms with E-state index in [1.165, 1.54) is 22.8 Å². The number of fused-ring (bicyclic) bond motifs is 1. The lowest BCUT2D eigenvalue weighted by molar-refractivity contribution is -0.146. The molecular weight excluding hydrogens is 499 g/mol. The lowest BCUT2D eigenvalue weighted by Crippen LogP contribution is -2.50. The number of carbonyl (C=O) groups is 2. The Morgan fingerprint density at radius 3 is 2.49 bits per heavy atom. The topological polar surface area (TPSA) is 84.7 Å². The Balaban J connectivity index is 1.62. The second-order valence-corrected chi connectivity index (χ2v) is 9.28. The summed E-state index contributed by atoms with van der Waals surface area (Å²) in [7, 11) is 0. The molecule has 3 aromatic rings. The van der Waals surface area contributed by atoms with Crippen LogP contribution in [-0.2, 0) is 14.3 Å². The van der Waals surface area contributed by atoms with E-state index in [0.29, 0.717) is 61.6 Å². The fourth-order valence-electron chi connectivity index (χ4n) is 4.73. The van der Waals surface area contributed by atoms with Gasteiger partial charge in [0, 0.05) is 32.6 Å². The highest BCUT2D eigenvalue weighted by molar-refractivity contribution is 6.30. The molecule has 2 heterocycles. The van der Waals surface area contributed by atoms with Crippen LogP contribution in [0, 0.1) is 5.82 Å². The minimum Gasteiger partial charge on any atom is -0.466 e. The third-order valence-electron chi connectivity index (χ3n) is 6.60. The van der Waals surface area contributed by atoms with Crippen LogP contribution in [0.5, 0.6) is 0 Å². The smallest absolute Gasteiger partial charge is 0.306 e. The molecule has 0 bridgehead atoms. The Kier molecular flexibility index (Phi) is 8.56. The fraction of sp³-hybridized carbons (Fsp3) is 0.407. The van der Waals surface area contributed by atoms with Gasteiger partial charge in [-0.25, -0.2) is 9.37 Å². The summed E-state index contributed by atoms with van der Waals surface area (Å²) < 4.78 is 20.3. The van der Waals surface area contributed by atoms with Crippen LogP contribution in [-0.4, -0.2) is 64.0 Å². The Hall–Kier alpha value is -3.30. The summed E-state index contributed by atoms with van der Waals surface area (Å²) in [5.41, 5.74) is 0.767. The second kappa shape index (κ2) is 11.8. The summed E-state index contributed by atoms with van der Waals surface area (Å²) in [4.78, 5) is 46.7. The molecule has 2 aromatic carbocycles. The van der Waals surface area contributed by atoms with Crippen LogP contribution >= 0.6 is 11.6 Å². The maximum atomic E-state index is 13.9. The Morgan fingerprint density at radius 2 is 1.81 bits per heavy atom. The van der Waals surface area contributed by atoms with Crippen molar-refractivity contribution < 1.29 is 18.7 Å². The highest BCUT2D eigenvalue weighted by atomic mass is 35.5. The van der Waals surface area contributed by atoms with Crippen LogP contribution in [0.4, 0.5) is 4.39 Å². The number of benzene rings is 2. The molecule has 1 aliphatic rings. The maximum Gasteiger partial charge on any atom is 0.306 e. The zero-order chi connectivity index (χ0) is 26.5. The Morgan fingerprint density at radius 1 is 1.08 bits per heavy atom. The third kappa shape index (κ3) is 5.83. The monoisotopic (exact) mass is 528 g/mol. The van der Waals surface area contributed by atoms with Gasteiger partial charge in [-0.15, -0.1) is 0 Å². The number of piperazine rings is 1.